The van der Waals surface area contributed by atoms with E-state index in [2.05, 4.69) is 31.8 Å². The molecule has 0 aliphatic rings. The van der Waals surface area contributed by atoms with Crippen molar-refractivity contribution in [3.63, 3.8) is 0 Å². The van der Waals surface area contributed by atoms with Crippen LogP contribution in [0.2, 0.25) is 5.02 Å². The van der Waals surface area contributed by atoms with Crippen LogP contribution in [-0.4, -0.2) is 31.7 Å². The number of nitrogens with one attached hydrogen (secondary N) is 2. The Kier molecular flexibility index (Phi) is 9.51. The molecule has 0 aliphatic heterocycles. The lowest BCUT2D eigenvalue weighted by atomic mass is 10.2. The van der Waals surface area contributed by atoms with Gasteiger partial charge in [0, 0.05) is 16.3 Å². The topological polar surface area (TPSA) is 98.2 Å². The normalized spacial score (nSPS) is 10.6. The first kappa shape index (κ1) is 26.1. The van der Waals surface area contributed by atoms with Crippen molar-refractivity contribution in [2.45, 2.75) is 13.5 Å². The molecule has 0 bridgehead atoms. The molecule has 2 N–H and O–H groups in total. The first-order valence-corrected chi connectivity index (χ1v) is 11.7. The molecule has 3 aromatic rings. The standard InChI is InChI=1S/C25H23BrClN3O5/c1-3-34-19-10-8-18(9-11-19)29-24(31)25(32)30-28-14-16-12-20(26)23(22(13-16)33-2)35-15-17-6-4-5-7-21(17)27/h4-14H,3,15H2,1-2H3,(H,29,31)(H,30,32)/b28-14+. The van der Waals surface area contributed by atoms with Gasteiger partial charge in [0.05, 0.1) is 24.4 Å². The highest BCUT2D eigenvalue weighted by Crippen LogP contribution is 2.37. The average Bonchev–Trinajstić information content (AvgIpc) is 2.85. The number of hydrazone groups is 1. The number of ether oxygens (including phenoxy) is 3. The number of amides is 2. The summed E-state index contributed by atoms with van der Waals surface area (Å²) in [4.78, 5) is 24.2. The molecule has 0 atom stereocenters. The van der Waals surface area contributed by atoms with Crippen molar-refractivity contribution in [2.24, 2.45) is 5.10 Å². The molecule has 0 aromatic heterocycles. The summed E-state index contributed by atoms with van der Waals surface area (Å²) in [5.74, 6) is -0.161. The molecule has 3 rings (SSSR count). The van der Waals surface area contributed by atoms with Crippen molar-refractivity contribution >= 4 is 51.2 Å². The van der Waals surface area contributed by atoms with Crippen LogP contribution in [0.5, 0.6) is 17.2 Å². The minimum Gasteiger partial charge on any atom is -0.494 e. The van der Waals surface area contributed by atoms with Gasteiger partial charge in [-0.15, -0.1) is 0 Å². The molecule has 0 saturated carbocycles. The van der Waals surface area contributed by atoms with E-state index in [1.807, 2.05) is 25.1 Å². The summed E-state index contributed by atoms with van der Waals surface area (Å²) in [5, 5.41) is 6.95. The van der Waals surface area contributed by atoms with Crippen LogP contribution < -0.4 is 25.0 Å². The average molecular weight is 561 g/mol. The van der Waals surface area contributed by atoms with Gasteiger partial charge in [0.2, 0.25) is 0 Å². The van der Waals surface area contributed by atoms with Crippen LogP contribution >= 0.6 is 27.5 Å². The van der Waals surface area contributed by atoms with Crippen molar-refractivity contribution in [1.82, 2.24) is 5.43 Å². The Morgan fingerprint density at radius 1 is 1.06 bits per heavy atom. The zero-order valence-electron chi connectivity index (χ0n) is 19.0. The number of carbonyl (C=O) groups excluding carboxylic acids is 2. The van der Waals surface area contributed by atoms with Crippen molar-refractivity contribution in [1.29, 1.82) is 0 Å². The molecule has 0 radical (unpaired) electrons. The van der Waals surface area contributed by atoms with Gasteiger partial charge in [0.25, 0.3) is 0 Å². The van der Waals surface area contributed by atoms with E-state index in [9.17, 15) is 9.59 Å². The van der Waals surface area contributed by atoms with Crippen LogP contribution in [-0.2, 0) is 16.2 Å². The van der Waals surface area contributed by atoms with E-state index < -0.39 is 11.8 Å². The van der Waals surface area contributed by atoms with Gasteiger partial charge in [-0.2, -0.15) is 5.10 Å². The van der Waals surface area contributed by atoms with Crippen LogP contribution in [0.3, 0.4) is 0 Å². The summed E-state index contributed by atoms with van der Waals surface area (Å²) in [7, 11) is 1.51. The maximum Gasteiger partial charge on any atom is 0.329 e. The zero-order chi connectivity index (χ0) is 25.2. The number of halogens is 2. The number of benzene rings is 3. The van der Waals surface area contributed by atoms with E-state index in [-0.39, 0.29) is 6.61 Å². The molecule has 0 saturated heterocycles. The van der Waals surface area contributed by atoms with Crippen LogP contribution in [0, 0.1) is 0 Å². The maximum absolute atomic E-state index is 12.1. The molecule has 0 aliphatic carbocycles. The number of rotatable bonds is 9. The Morgan fingerprint density at radius 2 is 1.80 bits per heavy atom. The quantitative estimate of drug-likeness (QED) is 0.214. The van der Waals surface area contributed by atoms with Gasteiger partial charge in [-0.25, -0.2) is 5.43 Å². The molecule has 0 fully saturated rings. The second kappa shape index (κ2) is 12.8. The fraction of sp³-hybridized carbons (Fsp3) is 0.160. The van der Waals surface area contributed by atoms with Crippen LogP contribution in [0.4, 0.5) is 5.69 Å². The van der Waals surface area contributed by atoms with Gasteiger partial charge in [-0.3, -0.25) is 9.59 Å². The lowest BCUT2D eigenvalue weighted by Crippen LogP contribution is -2.32. The zero-order valence-corrected chi connectivity index (χ0v) is 21.4. The van der Waals surface area contributed by atoms with Gasteiger partial charge in [0.15, 0.2) is 11.5 Å². The molecule has 3 aromatic carbocycles. The van der Waals surface area contributed by atoms with Crippen LogP contribution in [0.25, 0.3) is 0 Å². The third kappa shape index (κ3) is 7.46. The predicted octanol–water partition coefficient (Wildman–Crippen LogP) is 5.18. The number of hydrogen-bond donors (Lipinski definition) is 2. The number of hydrogen-bond acceptors (Lipinski definition) is 6. The van der Waals surface area contributed by atoms with Crippen LogP contribution in [0.15, 0.2) is 70.2 Å². The van der Waals surface area contributed by atoms with Gasteiger partial charge >= 0.3 is 11.8 Å². The van der Waals surface area contributed by atoms with Gasteiger partial charge in [-0.1, -0.05) is 29.8 Å². The number of nitrogens with zero attached hydrogens (tertiary/aromatic N) is 1. The second-order valence-corrected chi connectivity index (χ2v) is 8.29. The van der Waals surface area contributed by atoms with Gasteiger partial charge in [-0.05, 0) is 70.9 Å². The number of anilines is 1. The Balaban J connectivity index is 1.59. The Bertz CT molecular complexity index is 1220. The molecule has 35 heavy (non-hydrogen) atoms. The lowest BCUT2D eigenvalue weighted by Gasteiger charge is -2.14. The third-order valence-corrected chi connectivity index (χ3v) is 5.55. The Labute approximate surface area is 216 Å². The van der Waals surface area contributed by atoms with E-state index in [0.29, 0.717) is 44.6 Å². The van der Waals surface area contributed by atoms with Crippen LogP contribution in [0.1, 0.15) is 18.1 Å². The third-order valence-electron chi connectivity index (χ3n) is 4.59. The first-order chi connectivity index (χ1) is 16.9. The van der Waals surface area contributed by atoms with E-state index in [1.54, 1.807) is 42.5 Å². The maximum atomic E-state index is 12.1. The van der Waals surface area contributed by atoms with E-state index in [4.69, 9.17) is 25.8 Å². The van der Waals surface area contributed by atoms with Crippen molar-refractivity contribution in [3.8, 4) is 17.2 Å². The molecule has 8 nitrogen and oxygen atoms in total. The summed E-state index contributed by atoms with van der Waals surface area (Å²) < 4.78 is 17.3. The van der Waals surface area contributed by atoms with E-state index in [0.717, 1.165) is 5.56 Å². The smallest absolute Gasteiger partial charge is 0.329 e. The number of carbonyl (C=O) groups is 2. The molecular formula is C25H23BrClN3O5. The summed E-state index contributed by atoms with van der Waals surface area (Å²) in [6, 6.07) is 17.5. The molecular weight excluding hydrogens is 538 g/mol. The fourth-order valence-corrected chi connectivity index (χ4v) is 3.69. The molecule has 2 amide bonds. The minimum atomic E-state index is -0.916. The van der Waals surface area contributed by atoms with Crippen molar-refractivity contribution in [3.05, 3.63) is 81.3 Å². The SMILES string of the molecule is CCOc1ccc(NC(=O)C(=O)N/N=C/c2cc(Br)c(OCc3ccccc3Cl)c(OC)c2)cc1. The van der Waals surface area contributed by atoms with Gasteiger partial charge in [0.1, 0.15) is 12.4 Å². The van der Waals surface area contributed by atoms with Gasteiger partial charge < -0.3 is 19.5 Å². The van der Waals surface area contributed by atoms with E-state index >= 15 is 0 Å². The predicted molar refractivity (Wildman–Crippen MR) is 138 cm³/mol. The molecule has 182 valence electrons. The Morgan fingerprint density at radius 3 is 2.49 bits per heavy atom. The van der Waals surface area contributed by atoms with Crippen molar-refractivity contribution < 1.29 is 23.8 Å². The summed E-state index contributed by atoms with van der Waals surface area (Å²) >= 11 is 9.66. The second-order valence-electron chi connectivity index (χ2n) is 7.02. The summed E-state index contributed by atoms with van der Waals surface area (Å²) in [5.41, 5.74) is 4.09. The summed E-state index contributed by atoms with van der Waals surface area (Å²) in [6.45, 7) is 2.66. The monoisotopic (exact) mass is 559 g/mol. The van der Waals surface area contributed by atoms with E-state index in [1.165, 1.54) is 13.3 Å². The number of methoxy groups -OCH3 is 1. The Hall–Kier alpha value is -3.56. The lowest BCUT2D eigenvalue weighted by molar-refractivity contribution is -0.136. The van der Waals surface area contributed by atoms with Crippen molar-refractivity contribution in [2.75, 3.05) is 19.0 Å². The largest absolute Gasteiger partial charge is 0.494 e. The highest BCUT2D eigenvalue weighted by molar-refractivity contribution is 9.10. The molecule has 0 unspecified atom stereocenters. The highest BCUT2D eigenvalue weighted by atomic mass is 79.9. The fourth-order valence-electron chi connectivity index (χ4n) is 2.92. The summed E-state index contributed by atoms with van der Waals surface area (Å²) in [6.07, 6.45) is 1.38. The highest BCUT2D eigenvalue weighted by Gasteiger charge is 2.14. The molecule has 10 heteroatoms. The molecule has 0 heterocycles. The molecule has 0 spiro atoms. The minimum absolute atomic E-state index is 0.252. The first-order valence-electron chi connectivity index (χ1n) is 10.5.